The van der Waals surface area contributed by atoms with E-state index in [1.54, 1.807) is 0 Å². The van der Waals surface area contributed by atoms with Gasteiger partial charge in [0.15, 0.2) is 11.5 Å². The zero-order valence-corrected chi connectivity index (χ0v) is 12.1. The highest BCUT2D eigenvalue weighted by atomic mass is 16.7. The van der Waals surface area contributed by atoms with E-state index in [1.165, 1.54) is 0 Å². The second-order valence-corrected chi connectivity index (χ2v) is 5.71. The van der Waals surface area contributed by atoms with Crippen LogP contribution in [0.25, 0.3) is 11.3 Å². The molecule has 1 aliphatic heterocycles. The third kappa shape index (κ3) is 2.24. The summed E-state index contributed by atoms with van der Waals surface area (Å²) < 4.78 is 10.8. The predicted octanol–water partition coefficient (Wildman–Crippen LogP) is 4.16. The molecule has 1 aliphatic rings. The van der Waals surface area contributed by atoms with Crippen LogP contribution in [0, 0.1) is 0 Å². The van der Waals surface area contributed by atoms with Crippen molar-refractivity contribution in [2.75, 3.05) is 6.79 Å². The molecule has 0 N–H and O–H groups in total. The van der Waals surface area contributed by atoms with Crippen molar-refractivity contribution in [3.05, 3.63) is 42.1 Å². The van der Waals surface area contributed by atoms with Crippen LogP contribution in [0.3, 0.4) is 0 Å². The quantitative estimate of drug-likeness (QED) is 0.838. The number of hydrogen-bond acceptors (Lipinski definition) is 3. The SMILES string of the molecule is CCC(C)(C)c1cccc(-c2ccc3c(c2)OCO3)n1. The van der Waals surface area contributed by atoms with Crippen molar-refractivity contribution in [2.45, 2.75) is 32.6 Å². The Balaban J connectivity index is 2.00. The van der Waals surface area contributed by atoms with Crippen LogP contribution < -0.4 is 9.47 Å². The number of benzene rings is 1. The van der Waals surface area contributed by atoms with E-state index in [1.807, 2.05) is 24.3 Å². The average molecular weight is 269 g/mol. The molecule has 104 valence electrons. The topological polar surface area (TPSA) is 31.4 Å². The zero-order valence-electron chi connectivity index (χ0n) is 12.1. The molecule has 0 unspecified atom stereocenters. The Labute approximate surface area is 119 Å². The van der Waals surface area contributed by atoms with Gasteiger partial charge in [-0.15, -0.1) is 0 Å². The summed E-state index contributed by atoms with van der Waals surface area (Å²) in [6.07, 6.45) is 1.06. The normalized spacial score (nSPS) is 13.6. The zero-order chi connectivity index (χ0) is 14.2. The first-order valence-corrected chi connectivity index (χ1v) is 6.98. The van der Waals surface area contributed by atoms with E-state index in [9.17, 15) is 0 Å². The summed E-state index contributed by atoms with van der Waals surface area (Å²) in [6.45, 7) is 6.93. The maximum absolute atomic E-state index is 5.43. The highest BCUT2D eigenvalue weighted by molar-refractivity contribution is 5.64. The third-order valence-electron chi connectivity index (χ3n) is 3.99. The van der Waals surface area contributed by atoms with Crippen LogP contribution in [-0.2, 0) is 5.41 Å². The average Bonchev–Trinajstić information content (AvgIpc) is 2.94. The van der Waals surface area contributed by atoms with Gasteiger partial charge in [0, 0.05) is 16.7 Å². The second-order valence-electron chi connectivity index (χ2n) is 5.71. The summed E-state index contributed by atoms with van der Waals surface area (Å²) in [5, 5.41) is 0. The van der Waals surface area contributed by atoms with E-state index in [2.05, 4.69) is 32.9 Å². The van der Waals surface area contributed by atoms with Gasteiger partial charge >= 0.3 is 0 Å². The summed E-state index contributed by atoms with van der Waals surface area (Å²) in [5.74, 6) is 1.60. The molecule has 20 heavy (non-hydrogen) atoms. The molecule has 2 aromatic rings. The third-order valence-corrected chi connectivity index (χ3v) is 3.99. The predicted molar refractivity (Wildman–Crippen MR) is 79.1 cm³/mol. The monoisotopic (exact) mass is 269 g/mol. The first-order chi connectivity index (χ1) is 9.60. The number of nitrogens with zero attached hydrogens (tertiary/aromatic N) is 1. The van der Waals surface area contributed by atoms with Crippen LogP contribution >= 0.6 is 0 Å². The molecule has 2 heterocycles. The number of hydrogen-bond donors (Lipinski definition) is 0. The molecule has 0 saturated carbocycles. The smallest absolute Gasteiger partial charge is 0.231 e. The summed E-state index contributed by atoms with van der Waals surface area (Å²) in [7, 11) is 0. The van der Waals surface area contributed by atoms with Gasteiger partial charge in [0.1, 0.15) is 0 Å². The number of aromatic nitrogens is 1. The lowest BCUT2D eigenvalue weighted by Crippen LogP contribution is -2.17. The minimum atomic E-state index is 0.0896. The van der Waals surface area contributed by atoms with Gasteiger partial charge < -0.3 is 9.47 Å². The molecule has 0 aliphatic carbocycles. The molecular weight excluding hydrogens is 250 g/mol. The maximum atomic E-state index is 5.43. The number of rotatable bonds is 3. The minimum Gasteiger partial charge on any atom is -0.454 e. The lowest BCUT2D eigenvalue weighted by Gasteiger charge is -2.22. The summed E-state index contributed by atoms with van der Waals surface area (Å²) in [5.41, 5.74) is 3.24. The van der Waals surface area contributed by atoms with Gasteiger partial charge in [-0.05, 0) is 36.8 Å². The highest BCUT2D eigenvalue weighted by Crippen LogP contribution is 2.36. The summed E-state index contributed by atoms with van der Waals surface area (Å²) in [4.78, 5) is 4.81. The molecule has 0 fully saturated rings. The standard InChI is InChI=1S/C17H19NO2/c1-4-17(2,3)16-7-5-6-13(18-16)12-8-9-14-15(10-12)20-11-19-14/h5-10H,4,11H2,1-3H3. The molecule has 1 aromatic heterocycles. The number of ether oxygens (including phenoxy) is 2. The van der Waals surface area contributed by atoms with E-state index < -0.39 is 0 Å². The van der Waals surface area contributed by atoms with Crippen LogP contribution in [0.4, 0.5) is 0 Å². The van der Waals surface area contributed by atoms with Gasteiger partial charge in [-0.25, -0.2) is 0 Å². The molecule has 0 bridgehead atoms. The Morgan fingerprint density at radius 2 is 1.90 bits per heavy atom. The van der Waals surface area contributed by atoms with Crippen LogP contribution in [0.1, 0.15) is 32.9 Å². The van der Waals surface area contributed by atoms with Crippen LogP contribution in [-0.4, -0.2) is 11.8 Å². The molecule has 3 rings (SSSR count). The van der Waals surface area contributed by atoms with Crippen molar-refractivity contribution in [1.29, 1.82) is 0 Å². The van der Waals surface area contributed by atoms with E-state index in [0.717, 1.165) is 34.9 Å². The van der Waals surface area contributed by atoms with Crippen LogP contribution in [0.2, 0.25) is 0 Å². The van der Waals surface area contributed by atoms with E-state index in [-0.39, 0.29) is 5.41 Å². The van der Waals surface area contributed by atoms with Crippen molar-refractivity contribution in [3.8, 4) is 22.8 Å². The second kappa shape index (κ2) is 4.82. The number of fused-ring (bicyclic) bond motifs is 1. The Morgan fingerprint density at radius 3 is 2.70 bits per heavy atom. The molecule has 0 spiro atoms. The van der Waals surface area contributed by atoms with E-state index >= 15 is 0 Å². The Morgan fingerprint density at radius 1 is 1.10 bits per heavy atom. The fourth-order valence-electron chi connectivity index (χ4n) is 2.21. The Kier molecular flexibility index (Phi) is 3.13. The minimum absolute atomic E-state index is 0.0896. The van der Waals surface area contributed by atoms with Gasteiger partial charge in [0.2, 0.25) is 6.79 Å². The molecule has 0 amide bonds. The van der Waals surface area contributed by atoms with E-state index in [4.69, 9.17) is 14.5 Å². The fraction of sp³-hybridized carbons (Fsp3) is 0.353. The Hall–Kier alpha value is -2.03. The fourth-order valence-corrected chi connectivity index (χ4v) is 2.21. The first-order valence-electron chi connectivity index (χ1n) is 6.98. The summed E-state index contributed by atoms with van der Waals surface area (Å²) in [6, 6.07) is 12.2. The molecule has 1 aromatic carbocycles. The molecule has 0 saturated heterocycles. The largest absolute Gasteiger partial charge is 0.454 e. The maximum Gasteiger partial charge on any atom is 0.231 e. The number of pyridine rings is 1. The van der Waals surface area contributed by atoms with Crippen molar-refractivity contribution in [1.82, 2.24) is 4.98 Å². The van der Waals surface area contributed by atoms with Crippen molar-refractivity contribution in [3.63, 3.8) is 0 Å². The van der Waals surface area contributed by atoms with Crippen LogP contribution in [0.15, 0.2) is 36.4 Å². The van der Waals surface area contributed by atoms with Crippen LogP contribution in [0.5, 0.6) is 11.5 Å². The lowest BCUT2D eigenvalue weighted by molar-refractivity contribution is 0.174. The van der Waals surface area contributed by atoms with Crippen molar-refractivity contribution < 1.29 is 9.47 Å². The van der Waals surface area contributed by atoms with Crippen molar-refractivity contribution in [2.24, 2.45) is 0 Å². The van der Waals surface area contributed by atoms with Gasteiger partial charge in [0.05, 0.1) is 5.69 Å². The summed E-state index contributed by atoms with van der Waals surface area (Å²) >= 11 is 0. The molecule has 3 heteroatoms. The van der Waals surface area contributed by atoms with Crippen molar-refractivity contribution >= 4 is 0 Å². The molecule has 3 nitrogen and oxygen atoms in total. The first kappa shape index (κ1) is 13.0. The van der Waals surface area contributed by atoms with Gasteiger partial charge in [0.25, 0.3) is 0 Å². The molecule has 0 radical (unpaired) electrons. The van der Waals surface area contributed by atoms with Gasteiger partial charge in [-0.2, -0.15) is 0 Å². The Bertz CT molecular complexity index is 635. The molecular formula is C17H19NO2. The van der Waals surface area contributed by atoms with Gasteiger partial charge in [-0.3, -0.25) is 4.98 Å². The van der Waals surface area contributed by atoms with E-state index in [0.29, 0.717) is 6.79 Å². The lowest BCUT2D eigenvalue weighted by atomic mass is 9.86. The highest BCUT2D eigenvalue weighted by Gasteiger charge is 2.20. The van der Waals surface area contributed by atoms with Gasteiger partial charge in [-0.1, -0.05) is 26.8 Å². The molecule has 0 atom stereocenters.